The van der Waals surface area contributed by atoms with Gasteiger partial charge in [-0.1, -0.05) is 41.9 Å². The van der Waals surface area contributed by atoms with E-state index >= 15 is 0 Å². The molecule has 2 aromatic rings. The van der Waals surface area contributed by atoms with E-state index in [0.717, 1.165) is 26.5 Å². The van der Waals surface area contributed by atoms with Crippen molar-refractivity contribution in [1.29, 1.82) is 0 Å². The summed E-state index contributed by atoms with van der Waals surface area (Å²) in [5.74, 6) is -0.279. The van der Waals surface area contributed by atoms with Crippen molar-refractivity contribution in [1.82, 2.24) is 4.90 Å². The summed E-state index contributed by atoms with van der Waals surface area (Å²) in [6, 6.07) is 15.0. The lowest BCUT2D eigenvalue weighted by molar-refractivity contribution is -0.123. The van der Waals surface area contributed by atoms with Crippen LogP contribution in [-0.4, -0.2) is 16.0 Å². The molecule has 1 fully saturated rings. The van der Waals surface area contributed by atoms with Crippen LogP contribution in [0.2, 0.25) is 5.02 Å². The van der Waals surface area contributed by atoms with Gasteiger partial charge in [-0.15, -0.1) is 0 Å². The highest BCUT2D eigenvalue weighted by molar-refractivity contribution is 14.1. The normalized spacial score (nSPS) is 16.4. The van der Waals surface area contributed by atoms with Crippen molar-refractivity contribution in [2.45, 2.75) is 6.54 Å². The highest BCUT2D eigenvalue weighted by atomic mass is 127. The van der Waals surface area contributed by atoms with E-state index in [1.165, 1.54) is 4.90 Å². The first-order chi connectivity index (χ1) is 11.0. The topological polar surface area (TPSA) is 37.4 Å². The van der Waals surface area contributed by atoms with E-state index in [1.54, 1.807) is 12.1 Å². The monoisotopic (exact) mass is 455 g/mol. The standard InChI is InChI=1S/C17H11ClINO2S/c18-14-4-2-1-3-12(14)9-15-16(21)20(17(22)23-15)10-11-5-7-13(19)8-6-11/h1-9H,10H2/b15-9+. The minimum atomic E-state index is -0.279. The number of nitrogens with zero attached hydrogens (tertiary/aromatic N) is 1. The molecule has 0 atom stereocenters. The van der Waals surface area contributed by atoms with Gasteiger partial charge in [0.05, 0.1) is 11.4 Å². The molecule has 0 unspecified atom stereocenters. The molecule has 0 spiro atoms. The number of amides is 2. The summed E-state index contributed by atoms with van der Waals surface area (Å²) in [4.78, 5) is 26.3. The molecule has 23 heavy (non-hydrogen) atoms. The lowest BCUT2D eigenvalue weighted by atomic mass is 10.2. The minimum absolute atomic E-state index is 0.258. The number of hydrogen-bond acceptors (Lipinski definition) is 3. The van der Waals surface area contributed by atoms with Crippen LogP contribution >= 0.6 is 46.0 Å². The lowest BCUT2D eigenvalue weighted by Gasteiger charge is -2.12. The minimum Gasteiger partial charge on any atom is -0.268 e. The number of hydrogen-bond donors (Lipinski definition) is 0. The Morgan fingerprint density at radius 2 is 1.78 bits per heavy atom. The summed E-state index contributed by atoms with van der Waals surface area (Å²) in [5, 5.41) is 0.295. The molecule has 1 heterocycles. The van der Waals surface area contributed by atoms with E-state index < -0.39 is 0 Å². The second-order valence-electron chi connectivity index (χ2n) is 4.92. The summed E-state index contributed by atoms with van der Waals surface area (Å²) in [7, 11) is 0. The molecule has 3 rings (SSSR count). The predicted molar refractivity (Wildman–Crippen MR) is 102 cm³/mol. The fourth-order valence-electron chi connectivity index (χ4n) is 2.14. The first-order valence-corrected chi connectivity index (χ1v) is 9.06. The molecule has 1 saturated heterocycles. The lowest BCUT2D eigenvalue weighted by Crippen LogP contribution is -2.27. The Labute approximate surface area is 156 Å². The van der Waals surface area contributed by atoms with Crippen LogP contribution in [0.3, 0.4) is 0 Å². The second-order valence-corrected chi connectivity index (χ2v) is 7.56. The molecule has 0 saturated carbocycles. The summed E-state index contributed by atoms with van der Waals surface area (Å²) < 4.78 is 1.11. The van der Waals surface area contributed by atoms with Gasteiger partial charge in [-0.2, -0.15) is 0 Å². The van der Waals surface area contributed by atoms with Crippen LogP contribution in [0, 0.1) is 3.57 Å². The van der Waals surface area contributed by atoms with Crippen molar-refractivity contribution in [3.8, 4) is 0 Å². The molecule has 0 aromatic heterocycles. The maximum absolute atomic E-state index is 12.5. The van der Waals surface area contributed by atoms with Gasteiger partial charge >= 0.3 is 0 Å². The Balaban J connectivity index is 1.82. The fraction of sp³-hybridized carbons (Fsp3) is 0.0588. The van der Waals surface area contributed by atoms with Crippen molar-refractivity contribution in [2.75, 3.05) is 0 Å². The second kappa shape index (κ2) is 7.07. The quantitative estimate of drug-likeness (QED) is 0.473. The third-order valence-electron chi connectivity index (χ3n) is 3.32. The molecule has 3 nitrogen and oxygen atoms in total. The van der Waals surface area contributed by atoms with E-state index in [0.29, 0.717) is 9.93 Å². The van der Waals surface area contributed by atoms with Crippen LogP contribution in [0.15, 0.2) is 53.4 Å². The first kappa shape index (κ1) is 16.5. The van der Waals surface area contributed by atoms with Gasteiger partial charge in [-0.3, -0.25) is 14.5 Å². The van der Waals surface area contributed by atoms with E-state index in [4.69, 9.17) is 11.6 Å². The number of carbonyl (C=O) groups excluding carboxylic acids is 2. The predicted octanol–water partition coefficient (Wildman–Crippen LogP) is 5.18. The molecule has 2 aromatic carbocycles. The third-order valence-corrected chi connectivity index (χ3v) is 5.29. The molecule has 0 radical (unpaired) electrons. The van der Waals surface area contributed by atoms with Gasteiger partial charge in [-0.05, 0) is 69.8 Å². The maximum atomic E-state index is 12.5. The largest absolute Gasteiger partial charge is 0.293 e. The third kappa shape index (κ3) is 3.79. The highest BCUT2D eigenvalue weighted by Gasteiger charge is 2.35. The van der Waals surface area contributed by atoms with Crippen molar-refractivity contribution in [3.05, 3.63) is 73.2 Å². The molecule has 1 aliphatic rings. The Hall–Kier alpha value is -1.31. The summed E-state index contributed by atoms with van der Waals surface area (Å²) >= 11 is 9.26. The van der Waals surface area contributed by atoms with Gasteiger partial charge in [0.1, 0.15) is 0 Å². The molecule has 6 heteroatoms. The van der Waals surface area contributed by atoms with Crippen LogP contribution in [-0.2, 0) is 11.3 Å². The Kier molecular flexibility index (Phi) is 5.08. The van der Waals surface area contributed by atoms with Crippen LogP contribution in [0.5, 0.6) is 0 Å². The number of benzene rings is 2. The Morgan fingerprint density at radius 3 is 2.48 bits per heavy atom. The van der Waals surface area contributed by atoms with E-state index in [-0.39, 0.29) is 17.7 Å². The summed E-state index contributed by atoms with van der Waals surface area (Å²) in [6.07, 6.45) is 1.67. The number of halogens is 2. The number of thioether (sulfide) groups is 1. The molecular weight excluding hydrogens is 445 g/mol. The van der Waals surface area contributed by atoms with Gasteiger partial charge in [0.2, 0.25) is 0 Å². The van der Waals surface area contributed by atoms with Crippen molar-refractivity contribution in [3.63, 3.8) is 0 Å². The number of carbonyl (C=O) groups is 2. The van der Waals surface area contributed by atoms with Gasteiger partial charge in [0.15, 0.2) is 0 Å². The van der Waals surface area contributed by atoms with Gasteiger partial charge in [0.25, 0.3) is 11.1 Å². The van der Waals surface area contributed by atoms with Crippen LogP contribution in [0.25, 0.3) is 6.08 Å². The highest BCUT2D eigenvalue weighted by Crippen LogP contribution is 2.34. The van der Waals surface area contributed by atoms with Crippen LogP contribution < -0.4 is 0 Å². The van der Waals surface area contributed by atoms with Crippen molar-refractivity contribution in [2.24, 2.45) is 0 Å². The molecule has 0 N–H and O–H groups in total. The molecule has 0 aliphatic carbocycles. The summed E-state index contributed by atoms with van der Waals surface area (Å²) in [6.45, 7) is 0.279. The van der Waals surface area contributed by atoms with E-state index in [2.05, 4.69) is 22.6 Å². The van der Waals surface area contributed by atoms with E-state index in [9.17, 15) is 9.59 Å². The fourth-order valence-corrected chi connectivity index (χ4v) is 3.52. The SMILES string of the molecule is O=C1S/C(=C/c2ccccc2Cl)C(=O)N1Cc1ccc(I)cc1. The number of rotatable bonds is 3. The zero-order valence-electron chi connectivity index (χ0n) is 11.8. The average Bonchev–Trinajstić information content (AvgIpc) is 2.79. The zero-order chi connectivity index (χ0) is 16.4. The van der Waals surface area contributed by atoms with Gasteiger partial charge in [0, 0.05) is 8.59 Å². The van der Waals surface area contributed by atoms with Gasteiger partial charge in [-0.25, -0.2) is 0 Å². The maximum Gasteiger partial charge on any atom is 0.293 e. The van der Waals surface area contributed by atoms with E-state index in [1.807, 2.05) is 42.5 Å². The van der Waals surface area contributed by atoms with Crippen molar-refractivity contribution >= 4 is 63.2 Å². The molecule has 0 bridgehead atoms. The van der Waals surface area contributed by atoms with Gasteiger partial charge < -0.3 is 0 Å². The molecule has 2 amide bonds. The first-order valence-electron chi connectivity index (χ1n) is 6.79. The molecular formula is C17H11ClINO2S. The molecule has 116 valence electrons. The zero-order valence-corrected chi connectivity index (χ0v) is 15.6. The average molecular weight is 456 g/mol. The summed E-state index contributed by atoms with van der Waals surface area (Å²) in [5.41, 5.74) is 1.65. The van der Waals surface area contributed by atoms with Crippen molar-refractivity contribution < 1.29 is 9.59 Å². The number of imide groups is 1. The Morgan fingerprint density at radius 1 is 1.09 bits per heavy atom. The molecule has 1 aliphatic heterocycles. The Bertz CT molecular complexity index is 804. The van der Waals surface area contributed by atoms with Crippen LogP contribution in [0.4, 0.5) is 4.79 Å². The smallest absolute Gasteiger partial charge is 0.268 e. The van der Waals surface area contributed by atoms with Crippen LogP contribution in [0.1, 0.15) is 11.1 Å².